The van der Waals surface area contributed by atoms with Crippen molar-refractivity contribution < 1.29 is 24.2 Å². The molecule has 1 aromatic carbocycles. The summed E-state index contributed by atoms with van der Waals surface area (Å²) in [5.41, 5.74) is 0.0760. The number of carbonyl (C=O) groups is 3. The van der Waals surface area contributed by atoms with E-state index in [4.69, 9.17) is 16.3 Å². The minimum atomic E-state index is -1.17. The van der Waals surface area contributed by atoms with Crippen molar-refractivity contribution in [1.29, 1.82) is 0 Å². The molecule has 3 saturated heterocycles. The Hall–Kier alpha value is -1.68. The number of likely N-dealkylation sites (tertiary alicyclic amines) is 1. The fraction of sp³-hybridized carbons (Fsp3) is 0.591. The maximum absolute atomic E-state index is 13.7. The van der Waals surface area contributed by atoms with Gasteiger partial charge in [0, 0.05) is 11.9 Å². The van der Waals surface area contributed by atoms with Crippen LogP contribution in [-0.4, -0.2) is 70.0 Å². The Morgan fingerprint density at radius 2 is 2.12 bits per heavy atom. The average molecular weight is 529 g/mol. The molecule has 1 spiro atoms. The van der Waals surface area contributed by atoms with Crippen LogP contribution >= 0.6 is 27.5 Å². The first-order chi connectivity index (χ1) is 15.2. The van der Waals surface area contributed by atoms with Crippen LogP contribution in [-0.2, 0) is 19.1 Å². The Morgan fingerprint density at radius 1 is 1.41 bits per heavy atom. The topological polar surface area (TPSA) is 108 Å². The predicted octanol–water partition coefficient (Wildman–Crippen LogP) is 1.85. The summed E-state index contributed by atoms with van der Waals surface area (Å²) in [7, 11) is 1.52. The minimum Gasteiger partial charge on any atom is -0.394 e. The van der Waals surface area contributed by atoms with Gasteiger partial charge in [-0.2, -0.15) is 0 Å². The van der Waals surface area contributed by atoms with Crippen molar-refractivity contribution in [2.75, 3.05) is 19.0 Å². The lowest BCUT2D eigenvalue weighted by molar-refractivity contribution is -0.144. The number of halogens is 2. The molecule has 3 aliphatic rings. The lowest BCUT2D eigenvalue weighted by Gasteiger charge is -2.36. The number of fused-ring (bicyclic) bond motifs is 1. The average Bonchev–Trinajstić information content (AvgIpc) is 3.35. The zero-order valence-electron chi connectivity index (χ0n) is 18.1. The summed E-state index contributed by atoms with van der Waals surface area (Å²) in [5.74, 6) is -2.59. The molecule has 0 aromatic heterocycles. The van der Waals surface area contributed by atoms with Gasteiger partial charge in [0.1, 0.15) is 11.6 Å². The van der Waals surface area contributed by atoms with E-state index in [2.05, 4.69) is 26.6 Å². The number of carbonyl (C=O) groups excluding carboxylic acids is 3. The lowest BCUT2D eigenvalue weighted by atomic mass is 9.70. The molecule has 0 saturated carbocycles. The third-order valence-corrected chi connectivity index (χ3v) is 8.23. The van der Waals surface area contributed by atoms with Crippen LogP contribution in [0.3, 0.4) is 0 Å². The second-order valence-electron chi connectivity index (χ2n) is 8.69. The summed E-state index contributed by atoms with van der Waals surface area (Å²) in [6.07, 6.45) is 0.336. The number of amides is 3. The molecule has 3 amide bonds. The first-order valence-electron chi connectivity index (χ1n) is 10.7. The highest BCUT2D eigenvalue weighted by atomic mass is 79.9. The third-order valence-electron chi connectivity index (χ3n) is 7.07. The Morgan fingerprint density at radius 3 is 2.72 bits per heavy atom. The molecule has 174 valence electrons. The van der Waals surface area contributed by atoms with Crippen molar-refractivity contribution in [3.63, 3.8) is 0 Å². The van der Waals surface area contributed by atoms with Crippen LogP contribution in [0.5, 0.6) is 0 Å². The molecule has 0 aliphatic carbocycles. The summed E-state index contributed by atoms with van der Waals surface area (Å²) < 4.78 is 6.36. The van der Waals surface area contributed by atoms with E-state index < -0.39 is 41.5 Å². The van der Waals surface area contributed by atoms with Crippen LogP contribution in [0, 0.1) is 18.8 Å². The maximum atomic E-state index is 13.7. The van der Waals surface area contributed by atoms with Gasteiger partial charge >= 0.3 is 0 Å². The number of nitrogens with zero attached hydrogens (tertiary/aromatic N) is 1. The van der Waals surface area contributed by atoms with Gasteiger partial charge in [-0.25, -0.2) is 0 Å². The van der Waals surface area contributed by atoms with Gasteiger partial charge in [0.2, 0.25) is 17.7 Å². The molecule has 10 heteroatoms. The number of aliphatic hydroxyl groups is 1. The molecular formula is C22H27BrClN3O5. The molecule has 2 bridgehead atoms. The van der Waals surface area contributed by atoms with Crippen LogP contribution < -0.4 is 10.6 Å². The number of hydrogen-bond acceptors (Lipinski definition) is 5. The zero-order valence-corrected chi connectivity index (χ0v) is 20.4. The van der Waals surface area contributed by atoms with Crippen LogP contribution in [0.25, 0.3) is 0 Å². The Kier molecular flexibility index (Phi) is 6.30. The van der Waals surface area contributed by atoms with Gasteiger partial charge < -0.3 is 25.4 Å². The standard InChI is InChI=1S/C22H27BrClN3O5/c1-4-11(9-28)27-18(20(30)26-16-10(2)6-5-7-13(16)24)22-8-12(23)17(32-22)14(19(29)25-3)15(22)21(27)31/h5-7,11-12,14-15,17-18,28H,4,8-9H2,1-3H3,(H,25,29)(H,26,30)/t11-,12?,14-,15-,17-,18?,22?/m0/s1. The van der Waals surface area contributed by atoms with Gasteiger partial charge in [-0.15, -0.1) is 0 Å². The molecular weight excluding hydrogens is 502 g/mol. The largest absolute Gasteiger partial charge is 0.394 e. The second-order valence-corrected chi connectivity index (χ2v) is 10.3. The summed E-state index contributed by atoms with van der Waals surface area (Å²) in [4.78, 5) is 41.5. The predicted molar refractivity (Wildman–Crippen MR) is 123 cm³/mol. The van der Waals surface area contributed by atoms with Gasteiger partial charge in [0.05, 0.1) is 41.3 Å². The molecule has 8 nitrogen and oxygen atoms in total. The van der Waals surface area contributed by atoms with E-state index in [1.54, 1.807) is 12.1 Å². The Bertz CT molecular complexity index is 937. The molecule has 0 radical (unpaired) electrons. The highest BCUT2D eigenvalue weighted by Crippen LogP contribution is 2.60. The van der Waals surface area contributed by atoms with E-state index in [-0.39, 0.29) is 23.2 Å². The van der Waals surface area contributed by atoms with Gasteiger partial charge in [-0.05, 0) is 31.4 Å². The minimum absolute atomic E-state index is 0.180. The lowest BCUT2D eigenvalue weighted by Crippen LogP contribution is -2.56. The SMILES string of the molecule is CC[C@@H](CO)N1C(=O)[C@@H]2[C@H](C(=O)NC)[C@H]3OC2(CC3Br)C1C(=O)Nc1c(C)cccc1Cl. The molecule has 3 heterocycles. The number of benzene rings is 1. The fourth-order valence-electron chi connectivity index (χ4n) is 5.62. The monoisotopic (exact) mass is 527 g/mol. The number of aryl methyl sites for hydroxylation is 1. The van der Waals surface area contributed by atoms with E-state index in [1.807, 2.05) is 19.9 Å². The van der Waals surface area contributed by atoms with E-state index in [0.29, 0.717) is 23.6 Å². The van der Waals surface area contributed by atoms with E-state index in [1.165, 1.54) is 11.9 Å². The highest BCUT2D eigenvalue weighted by molar-refractivity contribution is 9.09. The molecule has 32 heavy (non-hydrogen) atoms. The quantitative estimate of drug-likeness (QED) is 0.489. The second kappa shape index (κ2) is 8.59. The first kappa shape index (κ1) is 23.5. The van der Waals surface area contributed by atoms with Gasteiger partial charge in [-0.3, -0.25) is 14.4 Å². The van der Waals surface area contributed by atoms with E-state index in [9.17, 15) is 19.5 Å². The van der Waals surface area contributed by atoms with Crippen molar-refractivity contribution in [3.8, 4) is 0 Å². The van der Waals surface area contributed by atoms with Gasteiger partial charge in [-0.1, -0.05) is 46.6 Å². The number of aliphatic hydroxyl groups excluding tert-OH is 1. The molecule has 4 rings (SSSR count). The number of para-hydroxylation sites is 1. The molecule has 3 fully saturated rings. The summed E-state index contributed by atoms with van der Waals surface area (Å²) in [6.45, 7) is 3.37. The Balaban J connectivity index is 1.80. The molecule has 3 unspecified atom stereocenters. The smallest absolute Gasteiger partial charge is 0.250 e. The van der Waals surface area contributed by atoms with Crippen molar-refractivity contribution >= 4 is 50.9 Å². The van der Waals surface area contributed by atoms with E-state index in [0.717, 1.165) is 5.56 Å². The first-order valence-corrected chi connectivity index (χ1v) is 12.0. The van der Waals surface area contributed by atoms with Crippen LogP contribution in [0.15, 0.2) is 18.2 Å². The van der Waals surface area contributed by atoms with E-state index >= 15 is 0 Å². The summed E-state index contributed by atoms with van der Waals surface area (Å²) in [6, 6.07) is 3.72. The van der Waals surface area contributed by atoms with Crippen molar-refractivity contribution in [2.24, 2.45) is 11.8 Å². The molecule has 7 atom stereocenters. The number of hydrogen-bond donors (Lipinski definition) is 3. The summed E-state index contributed by atoms with van der Waals surface area (Å²) >= 11 is 9.94. The fourth-order valence-corrected chi connectivity index (χ4v) is 6.83. The highest BCUT2D eigenvalue weighted by Gasteiger charge is 2.76. The van der Waals surface area contributed by atoms with Crippen molar-refractivity contribution in [3.05, 3.63) is 28.8 Å². The molecule has 1 aromatic rings. The van der Waals surface area contributed by atoms with Crippen LogP contribution in [0.2, 0.25) is 5.02 Å². The third kappa shape index (κ3) is 3.28. The molecule has 3 N–H and O–H groups in total. The van der Waals surface area contributed by atoms with Crippen molar-refractivity contribution in [2.45, 2.75) is 55.3 Å². The Labute approximate surface area is 200 Å². The maximum Gasteiger partial charge on any atom is 0.250 e. The number of alkyl halides is 1. The van der Waals surface area contributed by atoms with Gasteiger partial charge in [0.25, 0.3) is 0 Å². The number of ether oxygens (including phenoxy) is 1. The van der Waals surface area contributed by atoms with Crippen molar-refractivity contribution in [1.82, 2.24) is 10.2 Å². The van der Waals surface area contributed by atoms with Crippen LogP contribution in [0.1, 0.15) is 25.3 Å². The summed E-state index contributed by atoms with van der Waals surface area (Å²) in [5, 5.41) is 15.9. The number of rotatable bonds is 6. The van der Waals surface area contributed by atoms with Crippen LogP contribution in [0.4, 0.5) is 5.69 Å². The normalized spacial score (nSPS) is 33.9. The number of anilines is 1. The zero-order chi connectivity index (χ0) is 23.4. The van der Waals surface area contributed by atoms with Gasteiger partial charge in [0.15, 0.2) is 0 Å². The number of nitrogens with one attached hydrogen (secondary N) is 2. The molecule has 3 aliphatic heterocycles.